The van der Waals surface area contributed by atoms with Crippen molar-refractivity contribution in [1.82, 2.24) is 16.0 Å². The quantitative estimate of drug-likeness (QED) is 0.315. The Labute approximate surface area is 214 Å². The van der Waals surface area contributed by atoms with E-state index in [4.69, 9.17) is 4.42 Å². The van der Waals surface area contributed by atoms with Crippen molar-refractivity contribution in [3.63, 3.8) is 0 Å². The number of hydrazone groups is 1. The molecule has 10 heteroatoms. The number of nitrogens with one attached hydrogen (secondary N) is 3. The number of phenolic OH excluding ortho intramolecular Hbond substituents is 1. The standard InChI is InChI=1S/C26H33N5O4S/c1-16-6-7-17(12-27-24(33)5-3-2-4-23-25-20(14-36-23)28-15-29-25)13-31(30-16)21-10-18-8-9-19(32)11-22(18)35-26(21)34/h8-11,13,20,23,25,28-29,32H,2-7,12,14-15H2,1H3,(H,27,33). The largest absolute Gasteiger partial charge is 0.508 e. The molecule has 36 heavy (non-hydrogen) atoms. The first-order valence-electron chi connectivity index (χ1n) is 12.6. The Bertz CT molecular complexity index is 1240. The van der Waals surface area contributed by atoms with Gasteiger partial charge in [-0.3, -0.25) is 15.4 Å². The van der Waals surface area contributed by atoms with Crippen LogP contribution in [-0.2, 0) is 4.79 Å². The Morgan fingerprint density at radius 3 is 3.06 bits per heavy atom. The van der Waals surface area contributed by atoms with Crippen molar-refractivity contribution in [2.45, 2.75) is 62.8 Å². The van der Waals surface area contributed by atoms with Crippen molar-refractivity contribution < 1.29 is 14.3 Å². The highest BCUT2D eigenvalue weighted by atomic mass is 32.2. The van der Waals surface area contributed by atoms with Crippen LogP contribution in [0.25, 0.3) is 11.0 Å². The summed E-state index contributed by atoms with van der Waals surface area (Å²) >= 11 is 2.04. The molecular weight excluding hydrogens is 478 g/mol. The van der Waals surface area contributed by atoms with Crippen molar-refractivity contribution >= 4 is 40.0 Å². The van der Waals surface area contributed by atoms with Gasteiger partial charge in [0.15, 0.2) is 5.69 Å². The molecule has 4 N–H and O–H groups in total. The van der Waals surface area contributed by atoms with Crippen molar-refractivity contribution in [1.29, 1.82) is 0 Å². The van der Waals surface area contributed by atoms with Crippen LogP contribution in [-0.4, -0.2) is 53.0 Å². The van der Waals surface area contributed by atoms with Crippen LogP contribution >= 0.6 is 11.8 Å². The number of benzene rings is 1. The lowest BCUT2D eigenvalue weighted by Gasteiger charge is -2.17. The molecule has 192 valence electrons. The average Bonchev–Trinajstić information content (AvgIpc) is 3.42. The van der Waals surface area contributed by atoms with Crippen LogP contribution in [0.5, 0.6) is 5.75 Å². The van der Waals surface area contributed by atoms with Gasteiger partial charge in [-0.2, -0.15) is 16.9 Å². The predicted molar refractivity (Wildman–Crippen MR) is 143 cm³/mol. The van der Waals surface area contributed by atoms with Crippen molar-refractivity contribution in [2.24, 2.45) is 5.10 Å². The molecule has 3 unspecified atom stereocenters. The predicted octanol–water partition coefficient (Wildman–Crippen LogP) is 3.04. The minimum Gasteiger partial charge on any atom is -0.508 e. The summed E-state index contributed by atoms with van der Waals surface area (Å²) in [5.41, 5.74) is 1.94. The van der Waals surface area contributed by atoms with E-state index in [-0.39, 0.29) is 17.3 Å². The van der Waals surface area contributed by atoms with Gasteiger partial charge in [0.1, 0.15) is 11.3 Å². The Kier molecular flexibility index (Phi) is 7.64. The molecular formula is C26H33N5O4S. The third-order valence-corrected chi connectivity index (χ3v) is 8.53. The minimum absolute atomic E-state index is 0.0362. The highest BCUT2D eigenvalue weighted by Crippen LogP contribution is 2.32. The molecule has 3 aliphatic heterocycles. The number of anilines is 1. The summed E-state index contributed by atoms with van der Waals surface area (Å²) in [5.74, 6) is 1.25. The van der Waals surface area contributed by atoms with Crippen LogP contribution in [0.3, 0.4) is 0 Å². The molecule has 3 atom stereocenters. The van der Waals surface area contributed by atoms with Crippen LogP contribution in [0.2, 0.25) is 0 Å². The monoisotopic (exact) mass is 511 g/mol. The van der Waals surface area contributed by atoms with E-state index in [9.17, 15) is 14.7 Å². The second kappa shape index (κ2) is 11.1. The maximum Gasteiger partial charge on any atom is 0.362 e. The number of hydrogen-bond donors (Lipinski definition) is 4. The van der Waals surface area contributed by atoms with Gasteiger partial charge in [0, 0.05) is 66.1 Å². The fourth-order valence-electron chi connectivity index (χ4n) is 5.00. The molecule has 0 bridgehead atoms. The molecule has 0 spiro atoms. The maximum absolute atomic E-state index is 12.7. The second-order valence-electron chi connectivity index (χ2n) is 9.72. The van der Waals surface area contributed by atoms with Crippen LogP contribution in [0, 0.1) is 0 Å². The van der Waals surface area contributed by atoms with E-state index in [1.165, 1.54) is 11.8 Å². The summed E-state index contributed by atoms with van der Waals surface area (Å²) in [6.45, 7) is 3.25. The molecule has 2 aromatic rings. The molecule has 3 aliphatic rings. The van der Waals surface area contributed by atoms with Crippen molar-refractivity contribution in [3.8, 4) is 5.75 Å². The number of carbonyl (C=O) groups is 1. The highest BCUT2D eigenvalue weighted by molar-refractivity contribution is 8.00. The normalized spacial score (nSPS) is 23.8. The van der Waals surface area contributed by atoms with E-state index in [0.29, 0.717) is 41.3 Å². The second-order valence-corrected chi connectivity index (χ2v) is 11.0. The molecule has 0 radical (unpaired) electrons. The SMILES string of the molecule is CC1=NN(c2cc3ccc(O)cc3oc2=O)C=C(CNC(=O)CCCCC2SCC3NCNC32)CC1. The molecule has 1 amide bonds. The molecule has 2 fully saturated rings. The molecule has 0 saturated carbocycles. The highest BCUT2D eigenvalue weighted by Gasteiger charge is 2.38. The van der Waals surface area contributed by atoms with Crippen LogP contribution < -0.4 is 26.6 Å². The Hall–Kier alpha value is -2.82. The molecule has 9 nitrogen and oxygen atoms in total. The van der Waals surface area contributed by atoms with Gasteiger partial charge >= 0.3 is 5.63 Å². The van der Waals surface area contributed by atoms with E-state index in [1.54, 1.807) is 23.2 Å². The maximum atomic E-state index is 12.7. The number of amides is 1. The first kappa shape index (κ1) is 24.9. The van der Waals surface area contributed by atoms with E-state index in [1.807, 2.05) is 24.9 Å². The fraction of sp³-hybridized carbons (Fsp3) is 0.500. The average molecular weight is 512 g/mol. The number of thioether (sulfide) groups is 1. The third kappa shape index (κ3) is 5.77. The number of fused-ring (bicyclic) bond motifs is 2. The Morgan fingerprint density at radius 2 is 2.17 bits per heavy atom. The van der Waals surface area contributed by atoms with E-state index >= 15 is 0 Å². The Morgan fingerprint density at radius 1 is 1.28 bits per heavy atom. The minimum atomic E-state index is -0.540. The number of unbranched alkanes of at least 4 members (excludes halogenated alkanes) is 1. The van der Waals surface area contributed by atoms with E-state index < -0.39 is 5.63 Å². The first-order valence-corrected chi connectivity index (χ1v) is 13.7. The summed E-state index contributed by atoms with van der Waals surface area (Å²) in [5, 5.41) is 27.2. The van der Waals surface area contributed by atoms with Crippen molar-refractivity contribution in [3.05, 3.63) is 46.5 Å². The molecule has 4 heterocycles. The first-order chi connectivity index (χ1) is 17.5. The lowest BCUT2D eigenvalue weighted by molar-refractivity contribution is -0.121. The van der Waals surface area contributed by atoms with Gasteiger partial charge in [0.05, 0.1) is 0 Å². The molecule has 1 aromatic heterocycles. The van der Waals surface area contributed by atoms with E-state index in [0.717, 1.165) is 50.1 Å². The zero-order valence-electron chi connectivity index (χ0n) is 20.5. The van der Waals surface area contributed by atoms with Gasteiger partial charge in [-0.05, 0) is 56.4 Å². The smallest absolute Gasteiger partial charge is 0.362 e. The summed E-state index contributed by atoms with van der Waals surface area (Å²) in [4.78, 5) is 25.2. The van der Waals surface area contributed by atoms with Gasteiger partial charge < -0.3 is 14.8 Å². The number of hydrogen-bond acceptors (Lipinski definition) is 9. The number of carbonyl (C=O) groups excluding carboxylic acids is 1. The molecule has 2 saturated heterocycles. The molecule has 5 rings (SSSR count). The number of nitrogens with zero attached hydrogens (tertiary/aromatic N) is 2. The van der Waals surface area contributed by atoms with E-state index in [2.05, 4.69) is 21.1 Å². The summed E-state index contributed by atoms with van der Waals surface area (Å²) in [6.07, 6.45) is 6.90. The van der Waals surface area contributed by atoms with Crippen molar-refractivity contribution in [2.75, 3.05) is 24.0 Å². The lowest BCUT2D eigenvalue weighted by Crippen LogP contribution is -2.36. The van der Waals surface area contributed by atoms with Gasteiger partial charge in [-0.15, -0.1) is 0 Å². The van der Waals surface area contributed by atoms with Crippen LogP contribution in [0.15, 0.2) is 50.4 Å². The number of phenols is 1. The zero-order chi connectivity index (χ0) is 25.1. The molecule has 1 aromatic carbocycles. The summed E-state index contributed by atoms with van der Waals surface area (Å²) in [7, 11) is 0. The van der Waals surface area contributed by atoms with Gasteiger partial charge in [0.25, 0.3) is 0 Å². The van der Waals surface area contributed by atoms with Gasteiger partial charge in [-0.1, -0.05) is 6.42 Å². The summed E-state index contributed by atoms with van der Waals surface area (Å²) in [6, 6.07) is 7.53. The van der Waals surface area contributed by atoms with Gasteiger partial charge in [0.2, 0.25) is 5.91 Å². The van der Waals surface area contributed by atoms with Crippen LogP contribution in [0.4, 0.5) is 5.69 Å². The lowest BCUT2D eigenvalue weighted by atomic mass is 10.0. The number of rotatable bonds is 8. The topological polar surface area (TPSA) is 119 Å². The summed E-state index contributed by atoms with van der Waals surface area (Å²) < 4.78 is 5.42. The zero-order valence-corrected chi connectivity index (χ0v) is 21.3. The third-order valence-electron chi connectivity index (χ3n) is 7.02. The number of aromatic hydroxyl groups is 1. The Balaban J connectivity index is 1.15. The molecule has 0 aliphatic carbocycles. The fourth-order valence-corrected chi connectivity index (χ4v) is 6.61. The van der Waals surface area contributed by atoms with Gasteiger partial charge in [-0.25, -0.2) is 9.80 Å². The van der Waals surface area contributed by atoms with Crippen LogP contribution in [0.1, 0.15) is 45.4 Å².